The second kappa shape index (κ2) is 5.51. The van der Waals surface area contributed by atoms with E-state index in [1.54, 1.807) is 6.92 Å². The Morgan fingerprint density at radius 1 is 1.21 bits per heavy atom. The maximum atomic E-state index is 12.5. The summed E-state index contributed by atoms with van der Waals surface area (Å²) in [5, 5.41) is 2.79. The van der Waals surface area contributed by atoms with Crippen LogP contribution in [0.2, 0.25) is 0 Å². The maximum absolute atomic E-state index is 12.5. The van der Waals surface area contributed by atoms with Crippen molar-refractivity contribution in [3.8, 4) is 0 Å². The molecule has 2 fully saturated rings. The van der Waals surface area contributed by atoms with Crippen molar-refractivity contribution in [3.05, 3.63) is 0 Å². The van der Waals surface area contributed by atoms with Gasteiger partial charge in [0.2, 0.25) is 11.8 Å². The molecule has 108 valence electrons. The third-order valence-electron chi connectivity index (χ3n) is 5.03. The van der Waals surface area contributed by atoms with E-state index in [9.17, 15) is 9.59 Å². The Labute approximate surface area is 115 Å². The molecule has 1 heterocycles. The van der Waals surface area contributed by atoms with Gasteiger partial charge in [-0.1, -0.05) is 33.6 Å². The Kier molecular flexibility index (Phi) is 4.16. The van der Waals surface area contributed by atoms with Crippen molar-refractivity contribution in [1.82, 2.24) is 10.2 Å². The number of carbonyl (C=O) groups is 2. The van der Waals surface area contributed by atoms with Crippen molar-refractivity contribution in [3.63, 3.8) is 0 Å². The zero-order valence-electron chi connectivity index (χ0n) is 12.5. The Balaban J connectivity index is 2.27. The first-order valence-electron chi connectivity index (χ1n) is 7.59. The van der Waals surface area contributed by atoms with Gasteiger partial charge in [0.05, 0.1) is 0 Å². The summed E-state index contributed by atoms with van der Waals surface area (Å²) in [4.78, 5) is 26.5. The van der Waals surface area contributed by atoms with Gasteiger partial charge in [-0.05, 0) is 31.6 Å². The molecule has 4 nitrogen and oxygen atoms in total. The highest BCUT2D eigenvalue weighted by Gasteiger charge is 2.44. The largest absolute Gasteiger partial charge is 0.343 e. The van der Waals surface area contributed by atoms with E-state index in [1.807, 2.05) is 11.8 Å². The lowest BCUT2D eigenvalue weighted by Gasteiger charge is -2.47. The van der Waals surface area contributed by atoms with Gasteiger partial charge in [-0.15, -0.1) is 0 Å². The van der Waals surface area contributed by atoms with Crippen LogP contribution in [0, 0.1) is 11.8 Å². The van der Waals surface area contributed by atoms with Crippen molar-refractivity contribution in [2.24, 2.45) is 11.8 Å². The van der Waals surface area contributed by atoms with Gasteiger partial charge in [0.15, 0.2) is 0 Å². The Morgan fingerprint density at radius 2 is 1.89 bits per heavy atom. The predicted octanol–water partition coefficient (Wildman–Crippen LogP) is 1.94. The summed E-state index contributed by atoms with van der Waals surface area (Å²) in [5.74, 6) is 1.21. The maximum Gasteiger partial charge on any atom is 0.245 e. The standard InChI is InChI=1S/C15H26N2O2/c1-5-12-14(18)16-11(4)15(19)17(12)13-8-6-7-9(2)10(13)3/h9-13H,5-8H2,1-4H3,(H,16,18). The molecule has 4 heteroatoms. The molecular formula is C15H26N2O2. The Hall–Kier alpha value is -1.06. The fourth-order valence-corrected chi connectivity index (χ4v) is 3.60. The van der Waals surface area contributed by atoms with Crippen LogP contribution >= 0.6 is 0 Å². The average Bonchev–Trinajstić information content (AvgIpc) is 2.37. The molecule has 1 N–H and O–H groups in total. The molecule has 5 unspecified atom stereocenters. The third kappa shape index (κ3) is 2.49. The van der Waals surface area contributed by atoms with Crippen LogP contribution in [-0.4, -0.2) is 34.8 Å². The molecule has 0 spiro atoms. The first-order valence-corrected chi connectivity index (χ1v) is 7.59. The monoisotopic (exact) mass is 266 g/mol. The molecule has 0 bridgehead atoms. The van der Waals surface area contributed by atoms with E-state index in [1.165, 1.54) is 6.42 Å². The first-order chi connectivity index (χ1) is 8.97. The minimum Gasteiger partial charge on any atom is -0.343 e. The summed E-state index contributed by atoms with van der Waals surface area (Å²) in [7, 11) is 0. The first kappa shape index (κ1) is 14.4. The smallest absolute Gasteiger partial charge is 0.245 e. The number of hydrogen-bond acceptors (Lipinski definition) is 2. The van der Waals surface area contributed by atoms with Crippen molar-refractivity contribution in [2.75, 3.05) is 0 Å². The zero-order valence-corrected chi connectivity index (χ0v) is 12.5. The summed E-state index contributed by atoms with van der Waals surface area (Å²) >= 11 is 0. The van der Waals surface area contributed by atoms with Crippen molar-refractivity contribution >= 4 is 11.8 Å². The van der Waals surface area contributed by atoms with E-state index in [0.717, 1.165) is 12.8 Å². The molecule has 1 saturated carbocycles. The Bertz CT molecular complexity index is 369. The lowest BCUT2D eigenvalue weighted by molar-refractivity contribution is -0.154. The summed E-state index contributed by atoms with van der Waals surface area (Å²) in [5.41, 5.74) is 0. The predicted molar refractivity (Wildman–Crippen MR) is 74.5 cm³/mol. The van der Waals surface area contributed by atoms with Crippen LogP contribution < -0.4 is 5.32 Å². The second-order valence-corrected chi connectivity index (χ2v) is 6.23. The number of nitrogens with one attached hydrogen (secondary N) is 1. The second-order valence-electron chi connectivity index (χ2n) is 6.23. The van der Waals surface area contributed by atoms with Gasteiger partial charge < -0.3 is 10.2 Å². The van der Waals surface area contributed by atoms with Gasteiger partial charge in [-0.25, -0.2) is 0 Å². The van der Waals surface area contributed by atoms with Gasteiger partial charge in [-0.3, -0.25) is 9.59 Å². The van der Waals surface area contributed by atoms with E-state index < -0.39 is 0 Å². The molecule has 2 rings (SSSR count). The lowest BCUT2D eigenvalue weighted by Crippen LogP contribution is -2.66. The van der Waals surface area contributed by atoms with Gasteiger partial charge in [0.25, 0.3) is 0 Å². The van der Waals surface area contributed by atoms with E-state index >= 15 is 0 Å². The number of nitrogens with zero attached hydrogens (tertiary/aromatic N) is 1. The molecule has 1 aliphatic carbocycles. The van der Waals surface area contributed by atoms with Gasteiger partial charge >= 0.3 is 0 Å². The van der Waals surface area contributed by atoms with Crippen molar-refractivity contribution in [1.29, 1.82) is 0 Å². The van der Waals surface area contributed by atoms with Gasteiger partial charge in [0, 0.05) is 6.04 Å². The highest BCUT2D eigenvalue weighted by molar-refractivity contribution is 5.96. The molecule has 1 aliphatic heterocycles. The number of amides is 2. The van der Waals surface area contributed by atoms with Crippen LogP contribution in [-0.2, 0) is 9.59 Å². The molecule has 5 atom stereocenters. The molecule has 0 aromatic rings. The quantitative estimate of drug-likeness (QED) is 0.830. The number of hydrogen-bond donors (Lipinski definition) is 1. The fraction of sp³-hybridized carbons (Fsp3) is 0.867. The van der Waals surface area contributed by atoms with Crippen LogP contribution in [0.25, 0.3) is 0 Å². The van der Waals surface area contributed by atoms with Crippen molar-refractivity contribution < 1.29 is 9.59 Å². The van der Waals surface area contributed by atoms with Crippen LogP contribution in [0.3, 0.4) is 0 Å². The summed E-state index contributed by atoms with van der Waals surface area (Å²) in [6.07, 6.45) is 4.13. The number of piperazine rings is 1. The summed E-state index contributed by atoms with van der Waals surface area (Å²) in [6.45, 7) is 8.26. The van der Waals surface area contributed by atoms with Crippen LogP contribution in [0.4, 0.5) is 0 Å². The minimum atomic E-state index is -0.375. The molecule has 0 radical (unpaired) electrons. The highest BCUT2D eigenvalue weighted by Crippen LogP contribution is 2.35. The van der Waals surface area contributed by atoms with Crippen LogP contribution in [0.15, 0.2) is 0 Å². The molecule has 0 aromatic heterocycles. The molecule has 19 heavy (non-hydrogen) atoms. The number of carbonyl (C=O) groups excluding carboxylic acids is 2. The van der Waals surface area contributed by atoms with Crippen LogP contribution in [0.1, 0.15) is 53.4 Å². The van der Waals surface area contributed by atoms with E-state index in [4.69, 9.17) is 0 Å². The fourth-order valence-electron chi connectivity index (χ4n) is 3.60. The van der Waals surface area contributed by atoms with E-state index in [2.05, 4.69) is 19.2 Å². The zero-order chi connectivity index (χ0) is 14.2. The Morgan fingerprint density at radius 3 is 2.53 bits per heavy atom. The van der Waals surface area contributed by atoms with Gasteiger partial charge in [-0.2, -0.15) is 0 Å². The highest BCUT2D eigenvalue weighted by atomic mass is 16.2. The normalized spacial score (nSPS) is 40.2. The minimum absolute atomic E-state index is 0.0139. The molecule has 1 saturated heterocycles. The summed E-state index contributed by atoms with van der Waals surface area (Å²) in [6, 6.07) is -0.420. The molecular weight excluding hydrogens is 240 g/mol. The molecule has 2 aliphatic rings. The third-order valence-corrected chi connectivity index (χ3v) is 5.03. The summed E-state index contributed by atoms with van der Waals surface area (Å²) < 4.78 is 0. The van der Waals surface area contributed by atoms with Gasteiger partial charge in [0.1, 0.15) is 12.1 Å². The lowest BCUT2D eigenvalue weighted by atomic mass is 9.76. The van der Waals surface area contributed by atoms with E-state index in [-0.39, 0.29) is 29.9 Å². The van der Waals surface area contributed by atoms with E-state index in [0.29, 0.717) is 18.3 Å². The average molecular weight is 266 g/mol. The van der Waals surface area contributed by atoms with Crippen molar-refractivity contribution in [2.45, 2.75) is 71.5 Å². The molecule has 0 aromatic carbocycles. The van der Waals surface area contributed by atoms with Crippen LogP contribution in [0.5, 0.6) is 0 Å². The topological polar surface area (TPSA) is 49.4 Å². The molecule has 2 amide bonds. The number of rotatable bonds is 2. The SMILES string of the molecule is CCC1C(=O)NC(C)C(=O)N1C1CCCC(C)C1C.